The Labute approximate surface area is 143 Å². The number of aryl methyl sites for hydroxylation is 1. The second-order valence-corrected chi connectivity index (χ2v) is 6.41. The smallest absolute Gasteiger partial charge is 0.114 e. The normalized spacial score (nSPS) is 21.8. The van der Waals surface area contributed by atoms with Crippen molar-refractivity contribution < 1.29 is 4.39 Å². The monoisotopic (exact) mass is 328 g/mol. The predicted octanol–water partition coefficient (Wildman–Crippen LogP) is 2.64. The number of likely N-dealkylation sites (tertiary alicyclic amines) is 1. The molecule has 3 rings (SSSR count). The van der Waals surface area contributed by atoms with Gasteiger partial charge < -0.3 is 5.32 Å². The summed E-state index contributed by atoms with van der Waals surface area (Å²) in [5, 5.41) is 7.61. The van der Waals surface area contributed by atoms with Crippen LogP contribution in [-0.4, -0.2) is 46.5 Å². The van der Waals surface area contributed by atoms with E-state index >= 15 is 0 Å². The average Bonchev–Trinajstić information content (AvgIpc) is 3.14. The van der Waals surface area contributed by atoms with Crippen molar-refractivity contribution in [2.24, 2.45) is 7.05 Å². The molecule has 128 valence electrons. The van der Waals surface area contributed by atoms with Crippen molar-refractivity contribution in [2.45, 2.75) is 25.2 Å². The molecule has 1 aromatic heterocycles. The first-order chi connectivity index (χ1) is 11.7. The molecule has 0 spiro atoms. The van der Waals surface area contributed by atoms with E-state index < -0.39 is 6.17 Å². The van der Waals surface area contributed by atoms with Crippen LogP contribution in [-0.2, 0) is 13.6 Å². The van der Waals surface area contributed by atoms with Gasteiger partial charge in [0.05, 0.1) is 6.20 Å². The summed E-state index contributed by atoms with van der Waals surface area (Å²) in [6, 6.07) is 10.5. The molecule has 1 aliphatic heterocycles. The lowest BCUT2D eigenvalue weighted by molar-refractivity contribution is 0.231. The van der Waals surface area contributed by atoms with Gasteiger partial charge in [0.25, 0.3) is 0 Å². The van der Waals surface area contributed by atoms with E-state index in [1.54, 1.807) is 4.68 Å². The van der Waals surface area contributed by atoms with Crippen molar-refractivity contribution in [1.82, 2.24) is 20.0 Å². The Morgan fingerprint density at radius 3 is 2.92 bits per heavy atom. The maximum atomic E-state index is 13.8. The first-order valence-corrected chi connectivity index (χ1v) is 8.48. The van der Waals surface area contributed by atoms with Gasteiger partial charge >= 0.3 is 0 Å². The van der Waals surface area contributed by atoms with Gasteiger partial charge in [-0.3, -0.25) is 9.58 Å². The Morgan fingerprint density at radius 2 is 2.17 bits per heavy atom. The molecule has 2 atom stereocenters. The third-order valence-electron chi connectivity index (χ3n) is 4.37. The highest BCUT2D eigenvalue weighted by Gasteiger charge is 2.31. The van der Waals surface area contributed by atoms with Gasteiger partial charge in [-0.1, -0.05) is 42.5 Å². The molecule has 2 heterocycles. The molecule has 0 bridgehead atoms. The highest BCUT2D eigenvalue weighted by Crippen LogP contribution is 2.22. The lowest BCUT2D eigenvalue weighted by Gasteiger charge is -2.23. The Bertz CT molecular complexity index is 652. The number of hydrogen-bond acceptors (Lipinski definition) is 3. The molecule has 1 aromatic carbocycles. The summed E-state index contributed by atoms with van der Waals surface area (Å²) in [6.07, 6.45) is 7.95. The number of rotatable bonds is 7. The number of alkyl halides is 1. The van der Waals surface area contributed by atoms with Gasteiger partial charge in [0.1, 0.15) is 6.17 Å². The summed E-state index contributed by atoms with van der Waals surface area (Å²) in [4.78, 5) is 2.22. The van der Waals surface area contributed by atoms with Crippen LogP contribution in [0, 0.1) is 0 Å². The summed E-state index contributed by atoms with van der Waals surface area (Å²) >= 11 is 0. The third kappa shape index (κ3) is 4.76. The lowest BCUT2D eigenvalue weighted by Crippen LogP contribution is -2.37. The first kappa shape index (κ1) is 16.9. The van der Waals surface area contributed by atoms with Gasteiger partial charge in [-0.05, 0) is 12.0 Å². The molecule has 0 radical (unpaired) electrons. The average molecular weight is 328 g/mol. The molecular weight excluding hydrogens is 303 g/mol. The van der Waals surface area contributed by atoms with Gasteiger partial charge in [0.2, 0.25) is 0 Å². The largest absolute Gasteiger partial charge is 0.312 e. The summed E-state index contributed by atoms with van der Waals surface area (Å²) in [6.45, 7) is 2.88. The lowest BCUT2D eigenvalue weighted by atomic mass is 10.2. The molecule has 4 nitrogen and oxygen atoms in total. The van der Waals surface area contributed by atoms with E-state index in [-0.39, 0.29) is 6.04 Å². The molecule has 1 aliphatic rings. The van der Waals surface area contributed by atoms with Crippen molar-refractivity contribution >= 4 is 6.08 Å². The fraction of sp³-hybridized carbons (Fsp3) is 0.421. The van der Waals surface area contributed by atoms with Crippen molar-refractivity contribution in [3.63, 3.8) is 0 Å². The molecule has 0 unspecified atom stereocenters. The van der Waals surface area contributed by atoms with Crippen LogP contribution < -0.4 is 5.32 Å². The van der Waals surface area contributed by atoms with Crippen LogP contribution in [0.15, 0.2) is 48.8 Å². The summed E-state index contributed by atoms with van der Waals surface area (Å²) < 4.78 is 15.6. The minimum Gasteiger partial charge on any atom is -0.312 e. The SMILES string of the molecule is Cn1cc(CN2C[C@@H](F)C[C@H]2CNC/C=C/c2ccccc2)cn1. The van der Waals surface area contributed by atoms with Gasteiger partial charge in [-0.2, -0.15) is 5.10 Å². The summed E-state index contributed by atoms with van der Waals surface area (Å²) in [5.41, 5.74) is 2.34. The summed E-state index contributed by atoms with van der Waals surface area (Å²) in [5.74, 6) is 0. The maximum absolute atomic E-state index is 13.8. The zero-order chi connectivity index (χ0) is 16.8. The molecule has 5 heteroatoms. The van der Waals surface area contributed by atoms with E-state index in [4.69, 9.17) is 0 Å². The quantitative estimate of drug-likeness (QED) is 0.793. The van der Waals surface area contributed by atoms with E-state index in [0.717, 1.165) is 25.2 Å². The Hall–Kier alpha value is -1.98. The molecule has 0 aliphatic carbocycles. The topological polar surface area (TPSA) is 33.1 Å². The second kappa shape index (κ2) is 8.22. The Kier molecular flexibility index (Phi) is 5.77. The van der Waals surface area contributed by atoms with Crippen LogP contribution in [0.25, 0.3) is 6.08 Å². The maximum Gasteiger partial charge on any atom is 0.114 e. The molecule has 1 saturated heterocycles. The number of nitrogens with one attached hydrogen (secondary N) is 1. The number of hydrogen-bond donors (Lipinski definition) is 1. The fourth-order valence-corrected chi connectivity index (χ4v) is 3.21. The van der Waals surface area contributed by atoms with Crippen LogP contribution in [0.1, 0.15) is 17.5 Å². The predicted molar refractivity (Wildman–Crippen MR) is 95.3 cm³/mol. The number of nitrogens with zero attached hydrogens (tertiary/aromatic N) is 3. The van der Waals surface area contributed by atoms with Crippen LogP contribution in [0.4, 0.5) is 4.39 Å². The molecule has 0 saturated carbocycles. The molecule has 1 fully saturated rings. The van der Waals surface area contributed by atoms with Crippen LogP contribution in [0.3, 0.4) is 0 Å². The number of halogens is 1. The Balaban J connectivity index is 1.45. The van der Waals surface area contributed by atoms with E-state index in [9.17, 15) is 4.39 Å². The minimum absolute atomic E-state index is 0.241. The zero-order valence-corrected chi connectivity index (χ0v) is 14.1. The molecule has 24 heavy (non-hydrogen) atoms. The van der Waals surface area contributed by atoms with Crippen LogP contribution >= 0.6 is 0 Å². The van der Waals surface area contributed by atoms with Crippen molar-refractivity contribution in [3.05, 3.63) is 59.9 Å². The van der Waals surface area contributed by atoms with E-state index in [1.165, 1.54) is 5.56 Å². The Morgan fingerprint density at radius 1 is 1.33 bits per heavy atom. The van der Waals surface area contributed by atoms with Crippen molar-refractivity contribution in [2.75, 3.05) is 19.6 Å². The third-order valence-corrected chi connectivity index (χ3v) is 4.37. The van der Waals surface area contributed by atoms with Crippen LogP contribution in [0.2, 0.25) is 0 Å². The standard InChI is InChI=1S/C19H25FN4/c1-23-13-17(11-22-23)14-24-15-18(20)10-19(24)12-21-9-5-8-16-6-3-2-4-7-16/h2-8,11,13,18-19,21H,9-10,12,14-15H2,1H3/b8-5+/t18-,19-/m0/s1. The van der Waals surface area contributed by atoms with Gasteiger partial charge in [-0.25, -0.2) is 4.39 Å². The van der Waals surface area contributed by atoms with Crippen molar-refractivity contribution in [1.29, 1.82) is 0 Å². The van der Waals surface area contributed by atoms with E-state index in [2.05, 4.69) is 39.6 Å². The highest BCUT2D eigenvalue weighted by molar-refractivity contribution is 5.48. The molecule has 1 N–H and O–H groups in total. The van der Waals surface area contributed by atoms with E-state index in [0.29, 0.717) is 13.0 Å². The van der Waals surface area contributed by atoms with Gasteiger partial charge in [-0.15, -0.1) is 0 Å². The number of aromatic nitrogens is 2. The molecule has 0 amide bonds. The first-order valence-electron chi connectivity index (χ1n) is 8.48. The second-order valence-electron chi connectivity index (χ2n) is 6.41. The van der Waals surface area contributed by atoms with Crippen LogP contribution in [0.5, 0.6) is 0 Å². The number of benzene rings is 1. The summed E-state index contributed by atoms with van der Waals surface area (Å²) in [7, 11) is 1.91. The highest BCUT2D eigenvalue weighted by atomic mass is 19.1. The van der Waals surface area contributed by atoms with Crippen molar-refractivity contribution in [3.8, 4) is 0 Å². The minimum atomic E-state index is -0.728. The zero-order valence-electron chi connectivity index (χ0n) is 14.1. The van der Waals surface area contributed by atoms with Gasteiger partial charge in [0, 0.05) is 51.0 Å². The molecule has 2 aromatic rings. The van der Waals surface area contributed by atoms with Gasteiger partial charge in [0.15, 0.2) is 0 Å². The molecular formula is C19H25FN4. The van der Waals surface area contributed by atoms with E-state index in [1.807, 2.05) is 37.6 Å². The fourth-order valence-electron chi connectivity index (χ4n) is 3.21.